The number of benzene rings is 2. The molecule has 0 aliphatic carbocycles. The molecule has 1 N–H and O–H groups in total. The Balaban J connectivity index is 2.05. The Bertz CT molecular complexity index is 729. The Morgan fingerprint density at radius 2 is 1.96 bits per heavy atom. The van der Waals surface area contributed by atoms with Crippen molar-refractivity contribution in [2.45, 2.75) is 13.0 Å². The molecule has 0 radical (unpaired) electrons. The van der Waals surface area contributed by atoms with Crippen molar-refractivity contribution in [2.24, 2.45) is 0 Å². The van der Waals surface area contributed by atoms with Gasteiger partial charge in [-0.05, 0) is 25.1 Å². The minimum atomic E-state index is -0.688. The first kappa shape index (κ1) is 16.7. The van der Waals surface area contributed by atoms with E-state index in [4.69, 9.17) is 4.74 Å². The van der Waals surface area contributed by atoms with Crippen molar-refractivity contribution in [3.8, 4) is 5.75 Å². The molecule has 0 unspecified atom stereocenters. The van der Waals surface area contributed by atoms with Gasteiger partial charge >= 0.3 is 0 Å². The molecule has 0 heterocycles. The van der Waals surface area contributed by atoms with Crippen LogP contribution in [-0.2, 0) is 4.79 Å². The van der Waals surface area contributed by atoms with Crippen LogP contribution in [0.1, 0.15) is 24.1 Å². The summed E-state index contributed by atoms with van der Waals surface area (Å²) in [5.74, 6) is -1.08. The SMILES string of the molecule is COc1ccccc1/C=C/C(=O)N[C@H](C)c1ccc(F)cc1F. The number of para-hydroxylation sites is 1. The normalized spacial score (nSPS) is 12.2. The van der Waals surface area contributed by atoms with Crippen LogP contribution < -0.4 is 10.1 Å². The molecule has 0 aliphatic rings. The third kappa shape index (κ3) is 4.39. The number of carbonyl (C=O) groups is 1. The van der Waals surface area contributed by atoms with Crippen molar-refractivity contribution in [3.63, 3.8) is 0 Å². The van der Waals surface area contributed by atoms with Gasteiger partial charge in [0.2, 0.25) is 5.91 Å². The molecule has 0 aliphatic heterocycles. The van der Waals surface area contributed by atoms with Gasteiger partial charge in [0.25, 0.3) is 0 Å². The second kappa shape index (κ2) is 7.54. The van der Waals surface area contributed by atoms with E-state index in [9.17, 15) is 13.6 Å². The van der Waals surface area contributed by atoms with Crippen molar-refractivity contribution in [2.75, 3.05) is 7.11 Å². The van der Waals surface area contributed by atoms with Crippen LogP contribution in [0.2, 0.25) is 0 Å². The zero-order valence-corrected chi connectivity index (χ0v) is 12.8. The highest BCUT2D eigenvalue weighted by Crippen LogP contribution is 2.19. The van der Waals surface area contributed by atoms with E-state index in [0.717, 1.165) is 17.7 Å². The summed E-state index contributed by atoms with van der Waals surface area (Å²) in [4.78, 5) is 11.9. The third-order valence-corrected chi connectivity index (χ3v) is 3.34. The summed E-state index contributed by atoms with van der Waals surface area (Å²) in [5.41, 5.74) is 0.983. The van der Waals surface area contributed by atoms with E-state index in [2.05, 4.69) is 5.32 Å². The summed E-state index contributed by atoms with van der Waals surface area (Å²) in [7, 11) is 1.55. The van der Waals surface area contributed by atoms with Crippen LogP contribution in [0.25, 0.3) is 6.08 Å². The van der Waals surface area contributed by atoms with Gasteiger partial charge < -0.3 is 10.1 Å². The number of ether oxygens (including phenoxy) is 1. The second-order valence-corrected chi connectivity index (χ2v) is 4.97. The molecule has 0 spiro atoms. The summed E-state index contributed by atoms with van der Waals surface area (Å²) < 4.78 is 31.8. The monoisotopic (exact) mass is 317 g/mol. The quantitative estimate of drug-likeness (QED) is 0.850. The van der Waals surface area contributed by atoms with Crippen LogP contribution >= 0.6 is 0 Å². The molecule has 0 saturated heterocycles. The van der Waals surface area contributed by atoms with E-state index in [-0.39, 0.29) is 11.5 Å². The highest BCUT2D eigenvalue weighted by Gasteiger charge is 2.13. The van der Waals surface area contributed by atoms with Crippen LogP contribution in [0, 0.1) is 11.6 Å². The van der Waals surface area contributed by atoms with E-state index in [1.165, 1.54) is 12.1 Å². The molecular formula is C18H17F2NO2. The van der Waals surface area contributed by atoms with Gasteiger partial charge in [-0.2, -0.15) is 0 Å². The Morgan fingerprint density at radius 3 is 2.65 bits per heavy atom. The summed E-state index contributed by atoms with van der Waals surface area (Å²) in [6.07, 6.45) is 2.96. The summed E-state index contributed by atoms with van der Waals surface area (Å²) in [5, 5.41) is 2.64. The Labute approximate surface area is 133 Å². The summed E-state index contributed by atoms with van der Waals surface area (Å²) in [6, 6.07) is 9.95. The molecular weight excluding hydrogens is 300 g/mol. The van der Waals surface area contributed by atoms with Gasteiger partial charge in [0.05, 0.1) is 13.2 Å². The fourth-order valence-electron chi connectivity index (χ4n) is 2.16. The molecule has 0 aromatic heterocycles. The van der Waals surface area contributed by atoms with Gasteiger partial charge in [-0.15, -0.1) is 0 Å². The lowest BCUT2D eigenvalue weighted by Gasteiger charge is -2.13. The number of methoxy groups -OCH3 is 1. The first-order valence-electron chi connectivity index (χ1n) is 7.08. The van der Waals surface area contributed by atoms with Crippen molar-refractivity contribution in [1.29, 1.82) is 0 Å². The van der Waals surface area contributed by atoms with Crippen LogP contribution in [0.3, 0.4) is 0 Å². The molecule has 23 heavy (non-hydrogen) atoms. The molecule has 1 atom stereocenters. The van der Waals surface area contributed by atoms with Crippen LogP contribution in [0.15, 0.2) is 48.5 Å². The molecule has 2 aromatic carbocycles. The number of rotatable bonds is 5. The Morgan fingerprint density at radius 1 is 1.22 bits per heavy atom. The fourth-order valence-corrected chi connectivity index (χ4v) is 2.16. The Kier molecular flexibility index (Phi) is 5.46. The molecule has 2 rings (SSSR count). The molecule has 120 valence electrons. The van der Waals surface area contributed by atoms with Gasteiger partial charge in [-0.1, -0.05) is 24.3 Å². The first-order chi connectivity index (χ1) is 11.0. The number of hydrogen-bond acceptors (Lipinski definition) is 2. The van der Waals surface area contributed by atoms with Gasteiger partial charge in [-0.25, -0.2) is 8.78 Å². The lowest BCUT2D eigenvalue weighted by atomic mass is 10.1. The van der Waals surface area contributed by atoms with Crippen molar-refractivity contribution < 1.29 is 18.3 Å². The average Bonchev–Trinajstić information content (AvgIpc) is 2.53. The van der Waals surface area contributed by atoms with E-state index in [1.54, 1.807) is 26.2 Å². The molecule has 0 saturated carbocycles. The highest BCUT2D eigenvalue weighted by atomic mass is 19.1. The van der Waals surface area contributed by atoms with E-state index < -0.39 is 17.7 Å². The molecule has 3 nitrogen and oxygen atoms in total. The third-order valence-electron chi connectivity index (χ3n) is 3.34. The summed E-state index contributed by atoms with van der Waals surface area (Å²) >= 11 is 0. The number of hydrogen-bond donors (Lipinski definition) is 1. The molecule has 1 amide bonds. The average molecular weight is 317 g/mol. The predicted molar refractivity (Wildman–Crippen MR) is 84.9 cm³/mol. The van der Waals surface area contributed by atoms with Gasteiger partial charge in [0.1, 0.15) is 17.4 Å². The minimum Gasteiger partial charge on any atom is -0.496 e. The van der Waals surface area contributed by atoms with Crippen molar-refractivity contribution >= 4 is 12.0 Å². The highest BCUT2D eigenvalue weighted by molar-refractivity contribution is 5.92. The summed E-state index contributed by atoms with van der Waals surface area (Å²) in [6.45, 7) is 1.63. The standard InChI is InChI=1S/C18H17F2NO2/c1-12(15-9-8-14(19)11-16(15)20)21-18(22)10-7-13-5-3-4-6-17(13)23-2/h3-12H,1-2H3,(H,21,22)/b10-7+/t12-/m1/s1. The lowest BCUT2D eigenvalue weighted by Crippen LogP contribution is -2.25. The van der Waals surface area contributed by atoms with Gasteiger partial charge in [0.15, 0.2) is 0 Å². The van der Waals surface area contributed by atoms with Crippen LogP contribution in [0.5, 0.6) is 5.75 Å². The first-order valence-corrected chi connectivity index (χ1v) is 7.08. The zero-order chi connectivity index (χ0) is 16.8. The lowest BCUT2D eigenvalue weighted by molar-refractivity contribution is -0.117. The van der Waals surface area contributed by atoms with E-state index in [1.807, 2.05) is 18.2 Å². The fraction of sp³-hybridized carbons (Fsp3) is 0.167. The van der Waals surface area contributed by atoms with E-state index in [0.29, 0.717) is 5.75 Å². The maximum absolute atomic E-state index is 13.7. The number of halogens is 2. The zero-order valence-electron chi connectivity index (χ0n) is 12.8. The van der Waals surface area contributed by atoms with Crippen LogP contribution in [0.4, 0.5) is 8.78 Å². The Hall–Kier alpha value is -2.69. The predicted octanol–water partition coefficient (Wildman–Crippen LogP) is 3.86. The maximum atomic E-state index is 13.7. The van der Waals surface area contributed by atoms with Gasteiger partial charge in [-0.3, -0.25) is 4.79 Å². The van der Waals surface area contributed by atoms with Crippen LogP contribution in [-0.4, -0.2) is 13.0 Å². The van der Waals surface area contributed by atoms with E-state index >= 15 is 0 Å². The number of carbonyl (C=O) groups excluding carboxylic acids is 1. The second-order valence-electron chi connectivity index (χ2n) is 4.97. The largest absolute Gasteiger partial charge is 0.496 e. The maximum Gasteiger partial charge on any atom is 0.244 e. The molecule has 0 fully saturated rings. The topological polar surface area (TPSA) is 38.3 Å². The van der Waals surface area contributed by atoms with Gasteiger partial charge in [0, 0.05) is 23.3 Å². The van der Waals surface area contributed by atoms with Crippen molar-refractivity contribution in [3.05, 3.63) is 71.3 Å². The molecule has 2 aromatic rings. The number of nitrogens with one attached hydrogen (secondary N) is 1. The minimum absolute atomic E-state index is 0.227. The number of amides is 1. The molecule has 0 bridgehead atoms. The van der Waals surface area contributed by atoms with Crippen molar-refractivity contribution in [1.82, 2.24) is 5.32 Å². The smallest absolute Gasteiger partial charge is 0.244 e. The molecule has 5 heteroatoms.